The number of carboxylic acids is 2. The van der Waals surface area contributed by atoms with Crippen LogP contribution in [0.3, 0.4) is 0 Å². The van der Waals surface area contributed by atoms with Gasteiger partial charge in [0.1, 0.15) is 6.04 Å². The number of fused-ring (bicyclic) bond motifs is 1. The fraction of sp³-hybridized carbons (Fsp3) is 0.622. The van der Waals surface area contributed by atoms with E-state index in [4.69, 9.17) is 15.9 Å². The number of benzene rings is 1. The minimum atomic E-state index is -1.31. The predicted molar refractivity (Wildman–Crippen MR) is 239 cm³/mol. The van der Waals surface area contributed by atoms with Crippen LogP contribution in [0.5, 0.6) is 0 Å². The number of carboxylic acid groups (broad SMARTS) is 2. The molecule has 0 unspecified atom stereocenters. The number of hydrogen-bond acceptors (Lipinski definition) is 13. The molecular formula is C45H63N11O6. The standard InChI is InChI=1S/C19H19N7O6.2C13H22N2/c20-19-25-15-14(17(30)26-19)23-11(8-22-15)7-21-10-3-1-9(2-4-10)16(29)24-12(18(31)32)5-6-13(27)28;2*1-3-7-12(8-4-1)14-11-15-13-9-5-2-6-10-13/h1-4,8,12,21H,5-7H2,(H,24,29)(H,27,28)(H,31,32)(H3,20,22,25,26,30);2*12-13H,1-10H2/t12-;;/m0../s1. The second kappa shape index (κ2) is 25.9. The van der Waals surface area contributed by atoms with E-state index in [2.05, 4.69) is 62.6 Å². The van der Waals surface area contributed by atoms with E-state index in [9.17, 15) is 19.2 Å². The van der Waals surface area contributed by atoms with Crippen LogP contribution in [0.2, 0.25) is 0 Å². The van der Waals surface area contributed by atoms with Gasteiger partial charge in [-0.25, -0.2) is 34.7 Å². The molecule has 62 heavy (non-hydrogen) atoms. The highest BCUT2D eigenvalue weighted by molar-refractivity contribution is 5.97. The van der Waals surface area contributed by atoms with Crippen molar-refractivity contribution in [2.24, 2.45) is 20.0 Å². The highest BCUT2D eigenvalue weighted by Crippen LogP contribution is 2.23. The maximum absolute atomic E-state index is 12.3. The SMILES string of the molecule is C(=NC1CCCCC1)=NC1CCCCC1.C(=NC1CCCCC1)=NC1CCCCC1.Nc1nc2ncc(CNc3ccc(C(=O)N[C@@H](CCC(=O)O)C(=O)O)cc3)nc2c(=O)[nH]1. The van der Waals surface area contributed by atoms with Crippen molar-refractivity contribution >= 4 is 52.7 Å². The number of nitrogens with one attached hydrogen (secondary N) is 3. The molecule has 4 fully saturated rings. The largest absolute Gasteiger partial charge is 0.481 e. The average molecular weight is 854 g/mol. The molecule has 2 heterocycles. The van der Waals surface area contributed by atoms with Crippen molar-refractivity contribution in [1.82, 2.24) is 25.3 Å². The molecule has 0 saturated heterocycles. The molecule has 0 spiro atoms. The Bertz CT molecular complexity index is 1980. The number of aromatic amines is 1. The lowest BCUT2D eigenvalue weighted by Gasteiger charge is -2.17. The molecule has 1 aromatic carbocycles. The van der Waals surface area contributed by atoms with Gasteiger partial charge in [-0.05, 0) is 82.1 Å². The van der Waals surface area contributed by atoms with E-state index in [1.54, 1.807) is 12.1 Å². The number of aromatic nitrogens is 4. The van der Waals surface area contributed by atoms with E-state index >= 15 is 0 Å². The van der Waals surface area contributed by atoms with Crippen LogP contribution >= 0.6 is 0 Å². The van der Waals surface area contributed by atoms with Crippen LogP contribution in [-0.4, -0.2) is 90.2 Å². The van der Waals surface area contributed by atoms with Gasteiger partial charge in [0.25, 0.3) is 11.5 Å². The predicted octanol–water partition coefficient (Wildman–Crippen LogP) is 7.61. The number of H-pyrrole nitrogens is 1. The molecule has 7 rings (SSSR count). The summed E-state index contributed by atoms with van der Waals surface area (Å²) in [6, 6.07) is 12.9. The second-order valence-electron chi connectivity index (χ2n) is 16.6. The second-order valence-corrected chi connectivity index (χ2v) is 16.6. The molecule has 3 aromatic rings. The summed E-state index contributed by atoms with van der Waals surface area (Å²) < 4.78 is 0. The number of carbonyl (C=O) groups is 3. The van der Waals surface area contributed by atoms with Gasteiger partial charge in [0.05, 0.1) is 54.6 Å². The summed E-state index contributed by atoms with van der Waals surface area (Å²) in [6.07, 6.45) is 27.2. The Hall–Kier alpha value is -5.79. The molecule has 17 heteroatoms. The molecule has 7 N–H and O–H groups in total. The first kappa shape index (κ1) is 47.3. The number of rotatable bonds is 13. The van der Waals surface area contributed by atoms with Gasteiger partial charge in [0.2, 0.25) is 5.95 Å². The average Bonchev–Trinajstić information content (AvgIpc) is 3.29. The molecule has 4 aliphatic carbocycles. The molecular weight excluding hydrogens is 791 g/mol. The summed E-state index contributed by atoms with van der Waals surface area (Å²) in [7, 11) is 0. The lowest BCUT2D eigenvalue weighted by atomic mass is 9.96. The number of aliphatic imine (C=N–C) groups is 4. The lowest BCUT2D eigenvalue weighted by molar-refractivity contribution is -0.140. The molecule has 0 bridgehead atoms. The Kier molecular flexibility index (Phi) is 19.7. The van der Waals surface area contributed by atoms with Crippen molar-refractivity contribution in [3.05, 3.63) is 52.1 Å². The number of hydrogen-bond donors (Lipinski definition) is 6. The molecule has 2 aromatic heterocycles. The van der Waals surface area contributed by atoms with Crippen molar-refractivity contribution < 1.29 is 24.6 Å². The fourth-order valence-electron chi connectivity index (χ4n) is 7.99. The first-order valence-corrected chi connectivity index (χ1v) is 22.5. The van der Waals surface area contributed by atoms with E-state index in [0.717, 1.165) is 0 Å². The Balaban J connectivity index is 0.000000200. The van der Waals surface area contributed by atoms with E-state index < -0.39 is 29.4 Å². The summed E-state index contributed by atoms with van der Waals surface area (Å²) >= 11 is 0. The Morgan fingerprint density at radius 1 is 0.726 bits per heavy atom. The van der Waals surface area contributed by atoms with Gasteiger partial charge in [-0.15, -0.1) is 0 Å². The zero-order valence-electron chi connectivity index (χ0n) is 35.8. The highest BCUT2D eigenvalue weighted by atomic mass is 16.4. The Labute approximate surface area is 362 Å². The van der Waals surface area contributed by atoms with Crippen LogP contribution < -0.4 is 21.9 Å². The van der Waals surface area contributed by atoms with Gasteiger partial charge in [-0.1, -0.05) is 77.0 Å². The van der Waals surface area contributed by atoms with Crippen LogP contribution in [0.15, 0.2) is 55.2 Å². The Morgan fingerprint density at radius 3 is 1.63 bits per heavy atom. The van der Waals surface area contributed by atoms with Gasteiger partial charge in [0.15, 0.2) is 11.2 Å². The minimum absolute atomic E-state index is 0.0524. The van der Waals surface area contributed by atoms with Crippen molar-refractivity contribution in [1.29, 1.82) is 0 Å². The maximum Gasteiger partial charge on any atom is 0.326 e. The van der Waals surface area contributed by atoms with Gasteiger partial charge in [-0.2, -0.15) is 4.98 Å². The van der Waals surface area contributed by atoms with E-state index in [1.807, 2.05) is 0 Å². The summed E-state index contributed by atoms with van der Waals surface area (Å²) in [4.78, 5) is 78.4. The molecule has 4 saturated carbocycles. The van der Waals surface area contributed by atoms with Crippen molar-refractivity contribution in [3.8, 4) is 0 Å². The number of aliphatic carboxylic acids is 2. The molecule has 17 nitrogen and oxygen atoms in total. The molecule has 0 radical (unpaired) electrons. The normalized spacial score (nSPS) is 17.9. The number of nitrogen functional groups attached to an aromatic ring is 1. The Morgan fingerprint density at radius 2 is 1.19 bits per heavy atom. The quantitative estimate of drug-likeness (QED) is 0.0912. The minimum Gasteiger partial charge on any atom is -0.481 e. The summed E-state index contributed by atoms with van der Waals surface area (Å²) in [5, 5.41) is 23.2. The topological polar surface area (TPSA) is 263 Å². The number of anilines is 2. The molecule has 4 aliphatic rings. The first-order chi connectivity index (χ1) is 30.1. The van der Waals surface area contributed by atoms with Gasteiger partial charge < -0.3 is 26.6 Å². The van der Waals surface area contributed by atoms with Crippen molar-refractivity contribution in [2.45, 2.75) is 178 Å². The zero-order valence-corrected chi connectivity index (χ0v) is 35.8. The number of nitrogens with zero attached hydrogens (tertiary/aromatic N) is 7. The summed E-state index contributed by atoms with van der Waals surface area (Å²) in [5.41, 5.74) is 6.47. The molecule has 1 atom stereocenters. The lowest BCUT2D eigenvalue weighted by Crippen LogP contribution is -2.41. The maximum atomic E-state index is 12.3. The molecule has 334 valence electrons. The number of carbonyl (C=O) groups excluding carboxylic acids is 1. The zero-order chi connectivity index (χ0) is 43.9. The van der Waals surface area contributed by atoms with Crippen LogP contribution in [0.25, 0.3) is 11.2 Å². The fourth-order valence-corrected chi connectivity index (χ4v) is 7.99. The smallest absolute Gasteiger partial charge is 0.326 e. The van der Waals surface area contributed by atoms with Crippen LogP contribution in [0.4, 0.5) is 11.6 Å². The monoisotopic (exact) mass is 853 g/mol. The third-order valence-corrected chi connectivity index (χ3v) is 11.6. The van der Waals surface area contributed by atoms with E-state index in [1.165, 1.54) is 147 Å². The van der Waals surface area contributed by atoms with Crippen LogP contribution in [-0.2, 0) is 16.1 Å². The number of amides is 1. The molecule has 1 amide bonds. The third kappa shape index (κ3) is 16.9. The third-order valence-electron chi connectivity index (χ3n) is 11.6. The number of nitrogens with two attached hydrogens (primary N) is 1. The van der Waals surface area contributed by atoms with Crippen molar-refractivity contribution in [2.75, 3.05) is 11.1 Å². The highest BCUT2D eigenvalue weighted by Gasteiger charge is 2.22. The summed E-state index contributed by atoms with van der Waals surface area (Å²) in [6.45, 7) is 0.231. The first-order valence-electron chi connectivity index (χ1n) is 22.5. The van der Waals surface area contributed by atoms with E-state index in [0.29, 0.717) is 35.5 Å². The van der Waals surface area contributed by atoms with Gasteiger partial charge >= 0.3 is 11.9 Å². The van der Waals surface area contributed by atoms with Gasteiger partial charge in [-0.3, -0.25) is 19.4 Å². The van der Waals surface area contributed by atoms with Crippen molar-refractivity contribution in [3.63, 3.8) is 0 Å². The van der Waals surface area contributed by atoms with E-state index in [-0.39, 0.29) is 42.1 Å². The summed E-state index contributed by atoms with van der Waals surface area (Å²) in [5.74, 6) is -3.16. The van der Waals surface area contributed by atoms with Gasteiger partial charge in [0, 0.05) is 17.7 Å². The molecule has 0 aliphatic heterocycles. The van der Waals surface area contributed by atoms with Crippen LogP contribution in [0, 0.1) is 0 Å². The van der Waals surface area contributed by atoms with Crippen LogP contribution in [0.1, 0.15) is 157 Å².